The van der Waals surface area contributed by atoms with E-state index in [1.807, 2.05) is 53.9 Å². The number of benzene rings is 8. The van der Waals surface area contributed by atoms with Gasteiger partial charge in [0.25, 0.3) is 0 Å². The van der Waals surface area contributed by atoms with Crippen molar-refractivity contribution < 1.29 is 39.5 Å². The fourth-order valence-electron chi connectivity index (χ4n) is 12.9. The van der Waals surface area contributed by atoms with Crippen molar-refractivity contribution in [2.24, 2.45) is 32.5 Å². The summed E-state index contributed by atoms with van der Waals surface area (Å²) in [6.07, 6.45) is 12.5. The van der Waals surface area contributed by atoms with Crippen LogP contribution in [0.3, 0.4) is 0 Å². The Morgan fingerprint density at radius 1 is 0.483 bits per heavy atom. The second kappa shape index (κ2) is 25.0. The van der Waals surface area contributed by atoms with Crippen molar-refractivity contribution in [3.63, 3.8) is 0 Å². The molecule has 0 saturated heterocycles. The zero-order chi connectivity index (χ0) is 63.6. The Hall–Kier alpha value is -6.92. The molecule has 0 spiro atoms. The van der Waals surface area contributed by atoms with Crippen LogP contribution >= 0.6 is 0 Å². The fourth-order valence-corrected chi connectivity index (χ4v) is 12.9. The second-order valence-electron chi connectivity index (χ2n) is 30.8. The summed E-state index contributed by atoms with van der Waals surface area (Å²) in [5.74, 6) is 3.91. The van der Waals surface area contributed by atoms with Crippen molar-refractivity contribution in [3.05, 3.63) is 167 Å². The fraction of sp³-hybridized carbons (Fsp3) is 0.402. The van der Waals surface area contributed by atoms with Crippen molar-refractivity contribution in [1.82, 2.24) is 9.97 Å². The van der Waals surface area contributed by atoms with Crippen LogP contribution in [0.1, 0.15) is 178 Å². The van der Waals surface area contributed by atoms with Gasteiger partial charge in [-0.2, -0.15) is 0 Å². The van der Waals surface area contributed by atoms with E-state index in [0.29, 0.717) is 0 Å². The number of nitrogens with zero attached hydrogens (tertiary/aromatic N) is 2. The van der Waals surface area contributed by atoms with Gasteiger partial charge >= 0.3 is 0 Å². The molecule has 12 rings (SSSR count). The SMILES string of the molecule is CC(C)(C)Cc1ccc2c(c1)cc1c3c(nccc32)-c2[c-]c3ccccc3c(CC(C)(C)C)c2O1.CCC(C)(CC)C(=O)/C=C(\O)C(C)(CC)CC.Cc1ccc2c(CC(C)(C)C)c3c([c-]c2c1)-c1nccc2c1c(cc1cc(CC(C)(C)C)ccc12)O3.[Ir]. The molecular weight excluding hydrogens is 1270 g/mol. The van der Waals surface area contributed by atoms with E-state index in [1.54, 1.807) is 0 Å². The molecule has 0 atom stereocenters. The number of allylic oxidation sites excluding steroid dienone is 2. The van der Waals surface area contributed by atoms with Gasteiger partial charge in [0.2, 0.25) is 0 Å². The molecule has 6 nitrogen and oxygen atoms in total. The third-order valence-electron chi connectivity index (χ3n) is 18.4. The number of ketones is 1. The summed E-state index contributed by atoms with van der Waals surface area (Å²) in [5, 5.41) is 24.3. The standard InChI is InChI=1S/C34H34NO.C33H32NO.C15H28O2.Ir/c1-20-8-10-25-22(14-20)16-27-31-30-26(12-13-35-31)24-11-9-21(18-33(2,3)4)15-23(24)17-29(30)36-32(27)28(25)19-34(5,6)7;1-32(2,3)18-20-11-12-24-22(15-20)17-28-29-25(24)13-14-34-30(29)26-16-21-9-7-8-10-23(21)27(31(26)35-28)19-33(4,5)6;1-7-14(5,8-2)12(16)11-13(17)15(6,9-3)10-4;/h8-15,17H,18-19H2,1-7H3;7-15,17H,18-19H2,1-6H3;11,16H,7-10H2,1-6H3;/q2*-1;;/b;;12-11-;. The van der Waals surface area contributed by atoms with Gasteiger partial charge in [0, 0.05) is 71.6 Å². The maximum atomic E-state index is 12.2. The molecule has 0 unspecified atom stereocenters. The molecule has 7 heteroatoms. The van der Waals surface area contributed by atoms with Crippen LogP contribution in [0, 0.1) is 51.5 Å². The van der Waals surface area contributed by atoms with E-state index in [-0.39, 0.29) is 64.1 Å². The Bertz CT molecular complexity index is 4380. The van der Waals surface area contributed by atoms with Crippen LogP contribution in [-0.4, -0.2) is 20.9 Å². The van der Waals surface area contributed by atoms with E-state index < -0.39 is 0 Å². The third-order valence-corrected chi connectivity index (χ3v) is 18.4. The van der Waals surface area contributed by atoms with Crippen LogP contribution in [0.25, 0.3) is 87.1 Å². The maximum absolute atomic E-state index is 12.2. The average Bonchev–Trinajstić information content (AvgIpc) is 0.743. The number of aliphatic hydroxyl groups excluding tert-OH is 1. The van der Waals surface area contributed by atoms with E-state index in [1.165, 1.54) is 77.0 Å². The Morgan fingerprint density at radius 3 is 1.34 bits per heavy atom. The number of hydrogen-bond acceptors (Lipinski definition) is 6. The Kier molecular flexibility index (Phi) is 18.7. The molecule has 2 aliphatic rings. The molecule has 0 aliphatic carbocycles. The number of aryl methyl sites for hydroxylation is 1. The molecule has 8 aromatic carbocycles. The van der Waals surface area contributed by atoms with Crippen molar-refractivity contribution in [2.75, 3.05) is 0 Å². The number of rotatable bonds is 11. The smallest absolute Gasteiger partial charge is 0.164 e. The molecule has 1 radical (unpaired) electrons. The van der Waals surface area contributed by atoms with Crippen molar-refractivity contribution in [1.29, 1.82) is 0 Å². The topological polar surface area (TPSA) is 81.5 Å². The van der Waals surface area contributed by atoms with Gasteiger partial charge in [0.1, 0.15) is 17.3 Å². The first-order chi connectivity index (χ1) is 41.3. The molecule has 467 valence electrons. The zero-order valence-corrected chi connectivity index (χ0v) is 59.0. The van der Waals surface area contributed by atoms with Crippen LogP contribution in [0.5, 0.6) is 23.0 Å². The van der Waals surface area contributed by atoms with Crippen LogP contribution in [0.2, 0.25) is 0 Å². The molecule has 1 N–H and O–H groups in total. The third kappa shape index (κ3) is 13.9. The first-order valence-corrected chi connectivity index (χ1v) is 32.3. The number of fused-ring (bicyclic) bond motifs is 10. The molecule has 89 heavy (non-hydrogen) atoms. The minimum absolute atomic E-state index is 0. The van der Waals surface area contributed by atoms with Gasteiger partial charge in [-0.25, -0.2) is 0 Å². The molecule has 2 aliphatic heterocycles. The number of ether oxygens (including phenoxy) is 2. The van der Waals surface area contributed by atoms with Crippen molar-refractivity contribution >= 4 is 70.4 Å². The second-order valence-corrected chi connectivity index (χ2v) is 30.8. The number of carbonyl (C=O) groups excluding carboxylic acids is 1. The first kappa shape index (κ1) is 66.5. The molecule has 10 aromatic rings. The van der Waals surface area contributed by atoms with Crippen LogP contribution < -0.4 is 9.47 Å². The molecule has 0 fully saturated rings. The van der Waals surface area contributed by atoms with Gasteiger partial charge < -0.3 is 14.6 Å². The molecule has 0 amide bonds. The predicted octanol–water partition coefficient (Wildman–Crippen LogP) is 23.5. The summed E-state index contributed by atoms with van der Waals surface area (Å²) >= 11 is 0. The normalized spacial score (nSPS) is 13.3. The van der Waals surface area contributed by atoms with Crippen molar-refractivity contribution in [3.8, 4) is 45.5 Å². The minimum Gasteiger partial charge on any atom is -0.512 e. The summed E-state index contributed by atoms with van der Waals surface area (Å²) in [5.41, 5.74) is 10.5. The van der Waals surface area contributed by atoms with Crippen LogP contribution in [0.15, 0.2) is 127 Å². The van der Waals surface area contributed by atoms with E-state index >= 15 is 0 Å². The van der Waals surface area contributed by atoms with E-state index in [2.05, 4.69) is 205 Å². The maximum Gasteiger partial charge on any atom is 0.164 e. The summed E-state index contributed by atoms with van der Waals surface area (Å²) in [6.45, 7) is 41.7. The monoisotopic (exact) mass is 1360 g/mol. The largest absolute Gasteiger partial charge is 0.512 e. The van der Waals surface area contributed by atoms with E-state index in [0.717, 1.165) is 118 Å². The van der Waals surface area contributed by atoms with Gasteiger partial charge in [-0.05, 0) is 148 Å². The molecular formula is C82H94IrN2O4-2. The van der Waals surface area contributed by atoms with E-state index in [9.17, 15) is 9.90 Å². The molecule has 2 aromatic heterocycles. The number of pyridine rings is 2. The Morgan fingerprint density at radius 2 is 0.899 bits per heavy atom. The number of aromatic nitrogens is 2. The first-order valence-electron chi connectivity index (χ1n) is 32.3. The number of aliphatic hydroxyl groups is 1. The minimum atomic E-state index is -0.337. The number of hydrogen-bond donors (Lipinski definition) is 1. The predicted molar refractivity (Wildman–Crippen MR) is 373 cm³/mol. The quantitative estimate of drug-likeness (QED) is 0.0601. The molecule has 0 bridgehead atoms. The Balaban J connectivity index is 0.000000168. The summed E-state index contributed by atoms with van der Waals surface area (Å²) in [7, 11) is 0. The Labute approximate surface area is 544 Å². The van der Waals surface area contributed by atoms with Crippen LogP contribution in [0.4, 0.5) is 0 Å². The van der Waals surface area contributed by atoms with Gasteiger partial charge in [0.05, 0.1) is 11.5 Å². The van der Waals surface area contributed by atoms with Gasteiger partial charge in [-0.15, -0.1) is 35.0 Å². The van der Waals surface area contributed by atoms with Gasteiger partial charge in [-0.1, -0.05) is 230 Å². The summed E-state index contributed by atoms with van der Waals surface area (Å²) < 4.78 is 13.7. The zero-order valence-electron chi connectivity index (χ0n) is 56.6. The van der Waals surface area contributed by atoms with Gasteiger partial charge in [-0.3, -0.25) is 14.8 Å². The number of carbonyl (C=O) groups is 1. The van der Waals surface area contributed by atoms with Gasteiger partial charge in [0.15, 0.2) is 5.78 Å². The molecule has 4 heterocycles. The van der Waals surface area contributed by atoms with E-state index in [4.69, 9.17) is 19.4 Å². The average molecular weight is 1360 g/mol. The van der Waals surface area contributed by atoms with Crippen molar-refractivity contribution in [2.45, 2.75) is 183 Å². The summed E-state index contributed by atoms with van der Waals surface area (Å²) in [6, 6.07) is 45.0. The molecule has 0 saturated carbocycles. The van der Waals surface area contributed by atoms with Crippen LogP contribution in [-0.2, 0) is 50.6 Å². The summed E-state index contributed by atoms with van der Waals surface area (Å²) in [4.78, 5) is 22.0.